The van der Waals surface area contributed by atoms with Crippen LogP contribution in [-0.4, -0.2) is 28.5 Å². The number of esters is 1. The Morgan fingerprint density at radius 3 is 2.35 bits per heavy atom. The van der Waals surface area contributed by atoms with Crippen molar-refractivity contribution in [1.29, 1.82) is 0 Å². The molecule has 20 heavy (non-hydrogen) atoms. The average molecular weight is 283 g/mol. The minimum atomic E-state index is -4.40. The van der Waals surface area contributed by atoms with Crippen LogP contribution >= 0.6 is 0 Å². The number of benzene rings is 1. The van der Waals surface area contributed by atoms with Crippen molar-refractivity contribution in [3.63, 3.8) is 0 Å². The summed E-state index contributed by atoms with van der Waals surface area (Å²) in [4.78, 5) is 11.3. The number of ether oxygens (including phenoxy) is 1. The van der Waals surface area contributed by atoms with Gasteiger partial charge in [-0.05, 0) is 17.3 Å². The van der Waals surface area contributed by atoms with Gasteiger partial charge in [0, 0.05) is 11.6 Å². The maximum atomic E-state index is 12.4. The molecule has 0 unspecified atom stereocenters. The molecule has 0 N–H and O–H groups in total. The summed E-state index contributed by atoms with van der Waals surface area (Å²) in [5, 5.41) is 10.5. The van der Waals surface area contributed by atoms with Crippen molar-refractivity contribution in [2.45, 2.75) is 6.18 Å². The van der Waals surface area contributed by atoms with Gasteiger partial charge in [0.1, 0.15) is 0 Å². The maximum Gasteiger partial charge on any atom is 0.416 e. The van der Waals surface area contributed by atoms with Gasteiger partial charge in [-0.3, -0.25) is 0 Å². The van der Waals surface area contributed by atoms with E-state index < -0.39 is 17.7 Å². The molecule has 0 bridgehead atoms. The molecule has 1 aromatic carbocycles. The number of carbonyl (C=O) groups is 1. The molecule has 8 heteroatoms. The first-order valence-electron chi connectivity index (χ1n) is 5.38. The van der Waals surface area contributed by atoms with Gasteiger partial charge in [-0.25, -0.2) is 4.79 Å². The number of aromatic nitrogens is 3. The van der Waals surface area contributed by atoms with E-state index in [9.17, 15) is 18.0 Å². The lowest BCUT2D eigenvalue weighted by Crippen LogP contribution is -2.07. The van der Waals surface area contributed by atoms with Gasteiger partial charge in [-0.15, -0.1) is 10.2 Å². The smallest absolute Gasteiger partial charge is 0.416 e. The van der Waals surface area contributed by atoms with Crippen molar-refractivity contribution in [3.8, 4) is 11.3 Å². The maximum absolute atomic E-state index is 12.4. The highest BCUT2D eigenvalue weighted by Crippen LogP contribution is 2.30. The SMILES string of the molecule is COC(=O)c1cc(-c2ccc(C(F)(F)F)cc2)nnn1. The number of hydrogen-bond acceptors (Lipinski definition) is 5. The zero-order chi connectivity index (χ0) is 14.8. The quantitative estimate of drug-likeness (QED) is 0.791. The Bertz CT molecular complexity index is 627. The predicted octanol–water partition coefficient (Wildman–Crippen LogP) is 2.34. The summed E-state index contributed by atoms with van der Waals surface area (Å²) in [6, 6.07) is 5.63. The first-order valence-corrected chi connectivity index (χ1v) is 5.38. The van der Waals surface area contributed by atoms with Crippen LogP contribution in [0.25, 0.3) is 11.3 Å². The monoisotopic (exact) mass is 283 g/mol. The Kier molecular flexibility index (Phi) is 3.64. The molecule has 1 aromatic heterocycles. The van der Waals surface area contributed by atoms with Crippen LogP contribution in [0.5, 0.6) is 0 Å². The van der Waals surface area contributed by atoms with Gasteiger partial charge in [-0.2, -0.15) is 13.2 Å². The Labute approximate surface area is 111 Å². The lowest BCUT2D eigenvalue weighted by Gasteiger charge is -2.07. The van der Waals surface area contributed by atoms with Crippen molar-refractivity contribution in [1.82, 2.24) is 15.4 Å². The molecule has 1 heterocycles. The second-order valence-corrected chi connectivity index (χ2v) is 3.77. The molecule has 0 fully saturated rings. The number of nitrogens with zero attached hydrogens (tertiary/aromatic N) is 3. The van der Waals surface area contributed by atoms with Crippen molar-refractivity contribution in [3.05, 3.63) is 41.6 Å². The number of rotatable bonds is 2. The Balaban J connectivity index is 2.35. The molecule has 0 atom stereocenters. The van der Waals surface area contributed by atoms with Crippen LogP contribution in [0, 0.1) is 0 Å². The molecule has 5 nitrogen and oxygen atoms in total. The zero-order valence-corrected chi connectivity index (χ0v) is 10.2. The third-order valence-corrected chi connectivity index (χ3v) is 2.48. The van der Waals surface area contributed by atoms with Crippen LogP contribution in [0.1, 0.15) is 16.1 Å². The predicted molar refractivity (Wildman–Crippen MR) is 61.6 cm³/mol. The number of methoxy groups -OCH3 is 1. The minimum absolute atomic E-state index is 0.0719. The number of alkyl halides is 3. The third-order valence-electron chi connectivity index (χ3n) is 2.48. The lowest BCUT2D eigenvalue weighted by atomic mass is 10.1. The van der Waals surface area contributed by atoms with E-state index in [0.717, 1.165) is 12.1 Å². The summed E-state index contributed by atoms with van der Waals surface area (Å²) in [6.07, 6.45) is -4.40. The molecule has 2 rings (SSSR count). The van der Waals surface area contributed by atoms with E-state index in [1.165, 1.54) is 25.3 Å². The van der Waals surface area contributed by atoms with Crippen LogP contribution < -0.4 is 0 Å². The molecule has 0 saturated heterocycles. The fourth-order valence-electron chi connectivity index (χ4n) is 1.48. The fraction of sp³-hybridized carbons (Fsp3) is 0.167. The zero-order valence-electron chi connectivity index (χ0n) is 10.2. The van der Waals surface area contributed by atoms with Gasteiger partial charge in [0.2, 0.25) is 0 Å². The molecule has 2 aromatic rings. The summed E-state index contributed by atoms with van der Waals surface area (Å²) in [6.45, 7) is 0. The van der Waals surface area contributed by atoms with Crippen LogP contribution in [0.2, 0.25) is 0 Å². The van der Waals surface area contributed by atoms with E-state index in [1.54, 1.807) is 0 Å². The van der Waals surface area contributed by atoms with E-state index in [-0.39, 0.29) is 11.4 Å². The number of halogens is 3. The number of carbonyl (C=O) groups excluding carboxylic acids is 1. The fourth-order valence-corrected chi connectivity index (χ4v) is 1.48. The van der Waals surface area contributed by atoms with Crippen molar-refractivity contribution in [2.75, 3.05) is 7.11 Å². The van der Waals surface area contributed by atoms with E-state index >= 15 is 0 Å². The van der Waals surface area contributed by atoms with Gasteiger partial charge in [0.15, 0.2) is 5.69 Å². The van der Waals surface area contributed by atoms with Gasteiger partial charge in [0.05, 0.1) is 18.4 Å². The Morgan fingerprint density at radius 2 is 1.80 bits per heavy atom. The molecule has 0 amide bonds. The molecular weight excluding hydrogens is 275 g/mol. The second kappa shape index (κ2) is 5.24. The molecule has 0 aliphatic rings. The molecule has 0 spiro atoms. The molecule has 104 valence electrons. The van der Waals surface area contributed by atoms with E-state index in [1.807, 2.05) is 0 Å². The Hall–Kier alpha value is -2.51. The number of hydrogen-bond donors (Lipinski definition) is 0. The van der Waals surface area contributed by atoms with Gasteiger partial charge in [-0.1, -0.05) is 12.1 Å². The molecule has 0 saturated carbocycles. The topological polar surface area (TPSA) is 65.0 Å². The molecule has 0 aliphatic carbocycles. The molecule has 0 radical (unpaired) electrons. The summed E-state index contributed by atoms with van der Waals surface area (Å²) in [5.41, 5.74) is -0.221. The first kappa shape index (κ1) is 13.9. The van der Waals surface area contributed by atoms with Crippen LogP contribution in [0.15, 0.2) is 30.3 Å². The van der Waals surface area contributed by atoms with Crippen LogP contribution in [0.3, 0.4) is 0 Å². The third kappa shape index (κ3) is 2.90. The highest BCUT2D eigenvalue weighted by molar-refractivity contribution is 5.88. The minimum Gasteiger partial charge on any atom is -0.464 e. The van der Waals surface area contributed by atoms with Crippen molar-refractivity contribution in [2.24, 2.45) is 0 Å². The standard InChI is InChI=1S/C12H8F3N3O2/c1-20-11(19)10-6-9(16-18-17-10)7-2-4-8(5-3-7)12(13,14)15/h2-6H,1H3. The van der Waals surface area contributed by atoms with Crippen LogP contribution in [0.4, 0.5) is 13.2 Å². The van der Waals surface area contributed by atoms with E-state index in [0.29, 0.717) is 5.56 Å². The highest BCUT2D eigenvalue weighted by Gasteiger charge is 2.30. The summed E-state index contributed by atoms with van der Waals surface area (Å²) in [7, 11) is 1.18. The molecular formula is C12H8F3N3O2. The summed E-state index contributed by atoms with van der Waals surface area (Å²) >= 11 is 0. The highest BCUT2D eigenvalue weighted by atomic mass is 19.4. The normalized spacial score (nSPS) is 11.2. The van der Waals surface area contributed by atoms with Crippen molar-refractivity contribution < 1.29 is 22.7 Å². The summed E-state index contributed by atoms with van der Waals surface area (Å²) < 4.78 is 41.8. The van der Waals surface area contributed by atoms with E-state index in [4.69, 9.17) is 0 Å². The van der Waals surface area contributed by atoms with Gasteiger partial charge < -0.3 is 4.74 Å². The summed E-state index contributed by atoms with van der Waals surface area (Å²) in [5.74, 6) is -0.701. The Morgan fingerprint density at radius 1 is 1.15 bits per heavy atom. The van der Waals surface area contributed by atoms with Gasteiger partial charge in [0.25, 0.3) is 0 Å². The second-order valence-electron chi connectivity index (χ2n) is 3.77. The first-order chi connectivity index (χ1) is 9.41. The lowest BCUT2D eigenvalue weighted by molar-refractivity contribution is -0.137. The van der Waals surface area contributed by atoms with E-state index in [2.05, 4.69) is 20.1 Å². The largest absolute Gasteiger partial charge is 0.464 e. The van der Waals surface area contributed by atoms with Crippen molar-refractivity contribution >= 4 is 5.97 Å². The van der Waals surface area contributed by atoms with Crippen LogP contribution in [-0.2, 0) is 10.9 Å². The molecule has 0 aliphatic heterocycles. The average Bonchev–Trinajstić information content (AvgIpc) is 2.46. The van der Waals surface area contributed by atoms with Gasteiger partial charge >= 0.3 is 12.1 Å².